The normalized spacial score (nSPS) is 10.4. The molecule has 0 aliphatic heterocycles. The van der Waals surface area contributed by atoms with Crippen LogP contribution in [0.4, 0.5) is 10.1 Å². The van der Waals surface area contributed by atoms with Gasteiger partial charge in [-0.2, -0.15) is 0 Å². The molecule has 0 spiro atoms. The van der Waals surface area contributed by atoms with Crippen molar-refractivity contribution in [1.82, 2.24) is 5.32 Å². The number of benzene rings is 2. The largest absolute Gasteiger partial charge is 0.497 e. The smallest absolute Gasteiger partial charge is 0.250 e. The number of ether oxygens (including phenoxy) is 2. The van der Waals surface area contributed by atoms with Gasteiger partial charge in [-0.25, -0.2) is 4.39 Å². The predicted molar refractivity (Wildman–Crippen MR) is 99.3 cm³/mol. The Kier molecular flexibility index (Phi) is 6.47. The molecular formula is C18H17FN2O3S. The molecule has 2 aromatic rings. The zero-order valence-corrected chi connectivity index (χ0v) is 14.5. The molecule has 0 atom stereocenters. The number of anilines is 1. The number of carbonyl (C=O) groups is 1. The Hall–Kier alpha value is -2.93. The molecule has 0 bridgehead atoms. The van der Waals surface area contributed by atoms with Crippen LogP contribution in [-0.2, 0) is 4.79 Å². The molecule has 0 unspecified atom stereocenters. The fourth-order valence-corrected chi connectivity index (χ4v) is 2.18. The highest BCUT2D eigenvalue weighted by molar-refractivity contribution is 7.80. The van der Waals surface area contributed by atoms with Gasteiger partial charge in [-0.1, -0.05) is 12.1 Å². The van der Waals surface area contributed by atoms with Crippen molar-refractivity contribution in [2.24, 2.45) is 0 Å². The van der Waals surface area contributed by atoms with Crippen molar-refractivity contribution in [3.63, 3.8) is 0 Å². The predicted octanol–water partition coefficient (Wildman–Crippen LogP) is 3.37. The van der Waals surface area contributed by atoms with Gasteiger partial charge in [0.15, 0.2) is 5.11 Å². The molecule has 5 nitrogen and oxygen atoms in total. The molecule has 2 aromatic carbocycles. The number of methoxy groups -OCH3 is 2. The summed E-state index contributed by atoms with van der Waals surface area (Å²) < 4.78 is 23.2. The number of hydrogen-bond acceptors (Lipinski definition) is 4. The van der Waals surface area contributed by atoms with E-state index >= 15 is 0 Å². The first kappa shape index (κ1) is 18.4. The lowest BCUT2D eigenvalue weighted by atomic mass is 10.2. The Bertz CT molecular complexity index is 791. The van der Waals surface area contributed by atoms with E-state index < -0.39 is 5.91 Å². The number of rotatable bonds is 5. The molecule has 7 heteroatoms. The Balaban J connectivity index is 1.97. The van der Waals surface area contributed by atoms with Crippen molar-refractivity contribution >= 4 is 35.0 Å². The molecule has 0 heterocycles. The minimum absolute atomic E-state index is 0.111. The lowest BCUT2D eigenvalue weighted by Crippen LogP contribution is -2.32. The number of nitrogens with one attached hydrogen (secondary N) is 2. The van der Waals surface area contributed by atoms with Gasteiger partial charge >= 0.3 is 0 Å². The Morgan fingerprint density at radius 1 is 1.12 bits per heavy atom. The summed E-state index contributed by atoms with van der Waals surface area (Å²) >= 11 is 5.12. The highest BCUT2D eigenvalue weighted by atomic mass is 32.1. The standard InChI is InChI=1S/C18H17FN2O3S/c1-23-14-8-9-16(24-2)15(11-14)20-18(25)21-17(22)10-5-12-3-6-13(19)7-4-12/h3-11H,1-2H3,(H2,20,21,22,25). The lowest BCUT2D eigenvalue weighted by molar-refractivity contribution is -0.115. The van der Waals surface area contributed by atoms with E-state index in [-0.39, 0.29) is 10.9 Å². The number of amides is 1. The van der Waals surface area contributed by atoms with Gasteiger partial charge in [0.05, 0.1) is 19.9 Å². The van der Waals surface area contributed by atoms with Crippen molar-refractivity contribution < 1.29 is 18.7 Å². The summed E-state index contributed by atoms with van der Waals surface area (Å²) in [5.41, 5.74) is 1.26. The second-order valence-electron chi connectivity index (χ2n) is 4.89. The number of hydrogen-bond donors (Lipinski definition) is 2. The zero-order valence-electron chi connectivity index (χ0n) is 13.7. The number of thiocarbonyl (C=S) groups is 1. The zero-order chi connectivity index (χ0) is 18.2. The summed E-state index contributed by atoms with van der Waals surface area (Å²) in [5.74, 6) is 0.427. The Labute approximate surface area is 150 Å². The fourth-order valence-electron chi connectivity index (χ4n) is 1.96. The minimum Gasteiger partial charge on any atom is -0.497 e. The molecule has 2 rings (SSSR count). The third-order valence-electron chi connectivity index (χ3n) is 3.19. The first-order valence-electron chi connectivity index (χ1n) is 7.29. The second kappa shape index (κ2) is 8.79. The van der Waals surface area contributed by atoms with Crippen molar-refractivity contribution in [3.05, 3.63) is 59.9 Å². The quantitative estimate of drug-likeness (QED) is 0.632. The van der Waals surface area contributed by atoms with Gasteiger partial charge in [0.2, 0.25) is 5.91 Å². The third-order valence-corrected chi connectivity index (χ3v) is 3.39. The SMILES string of the molecule is COc1ccc(OC)c(NC(=S)NC(=O)C=Cc2ccc(F)cc2)c1. The van der Waals surface area contributed by atoms with Crippen LogP contribution in [-0.4, -0.2) is 25.2 Å². The van der Waals surface area contributed by atoms with Gasteiger partial charge < -0.3 is 14.8 Å². The maximum Gasteiger partial charge on any atom is 0.250 e. The molecule has 0 radical (unpaired) electrons. The number of carbonyl (C=O) groups excluding carboxylic acids is 1. The molecule has 0 aromatic heterocycles. The van der Waals surface area contributed by atoms with Crippen molar-refractivity contribution in [2.75, 3.05) is 19.5 Å². The minimum atomic E-state index is -0.413. The molecule has 1 amide bonds. The maximum atomic E-state index is 12.8. The molecular weight excluding hydrogens is 343 g/mol. The van der Waals surface area contributed by atoms with Crippen LogP contribution in [0.3, 0.4) is 0 Å². The molecule has 0 saturated heterocycles. The summed E-state index contributed by atoms with van der Waals surface area (Å²) in [6.07, 6.45) is 2.87. The maximum absolute atomic E-state index is 12.8. The van der Waals surface area contributed by atoms with Gasteiger partial charge in [-0.15, -0.1) is 0 Å². The van der Waals surface area contributed by atoms with Crippen LogP contribution in [0.5, 0.6) is 11.5 Å². The second-order valence-corrected chi connectivity index (χ2v) is 5.30. The van der Waals surface area contributed by atoms with Crippen LogP contribution in [0.2, 0.25) is 0 Å². The van der Waals surface area contributed by atoms with E-state index in [9.17, 15) is 9.18 Å². The van der Waals surface area contributed by atoms with E-state index in [1.807, 2.05) is 0 Å². The molecule has 0 saturated carbocycles. The van der Waals surface area contributed by atoms with E-state index in [0.29, 0.717) is 22.7 Å². The van der Waals surface area contributed by atoms with Crippen LogP contribution < -0.4 is 20.1 Å². The molecule has 0 aliphatic carbocycles. The monoisotopic (exact) mass is 360 g/mol. The van der Waals surface area contributed by atoms with Crippen LogP contribution in [0.1, 0.15) is 5.56 Å². The van der Waals surface area contributed by atoms with Crippen LogP contribution in [0.25, 0.3) is 6.08 Å². The fraction of sp³-hybridized carbons (Fsp3) is 0.111. The first-order chi connectivity index (χ1) is 12.0. The molecule has 25 heavy (non-hydrogen) atoms. The van der Waals surface area contributed by atoms with Gasteiger partial charge in [-0.05, 0) is 48.1 Å². The van der Waals surface area contributed by atoms with E-state index in [4.69, 9.17) is 21.7 Å². The Morgan fingerprint density at radius 3 is 2.48 bits per heavy atom. The summed E-state index contributed by atoms with van der Waals surface area (Å²) in [6, 6.07) is 10.9. The highest BCUT2D eigenvalue weighted by Gasteiger charge is 2.08. The highest BCUT2D eigenvalue weighted by Crippen LogP contribution is 2.28. The van der Waals surface area contributed by atoms with Crippen molar-refractivity contribution in [1.29, 1.82) is 0 Å². The number of halogens is 1. The van der Waals surface area contributed by atoms with Gasteiger partial charge in [0, 0.05) is 12.1 Å². The molecule has 0 fully saturated rings. The van der Waals surface area contributed by atoms with Gasteiger partial charge in [-0.3, -0.25) is 10.1 Å². The molecule has 0 aliphatic rings. The topological polar surface area (TPSA) is 59.6 Å². The lowest BCUT2D eigenvalue weighted by Gasteiger charge is -2.13. The summed E-state index contributed by atoms with van der Waals surface area (Å²) in [5, 5.41) is 5.52. The van der Waals surface area contributed by atoms with E-state index in [0.717, 1.165) is 0 Å². The van der Waals surface area contributed by atoms with Crippen LogP contribution in [0.15, 0.2) is 48.5 Å². The first-order valence-corrected chi connectivity index (χ1v) is 7.70. The molecule has 2 N–H and O–H groups in total. The van der Waals surface area contributed by atoms with E-state index in [1.165, 1.54) is 25.3 Å². The summed E-state index contributed by atoms with van der Waals surface area (Å²) in [6.45, 7) is 0. The van der Waals surface area contributed by atoms with Crippen LogP contribution in [0, 0.1) is 5.82 Å². The van der Waals surface area contributed by atoms with Gasteiger partial charge in [0.1, 0.15) is 17.3 Å². The van der Waals surface area contributed by atoms with E-state index in [2.05, 4.69) is 10.6 Å². The third kappa shape index (κ3) is 5.58. The summed E-state index contributed by atoms with van der Waals surface area (Å²) in [7, 11) is 3.08. The molecule has 130 valence electrons. The van der Waals surface area contributed by atoms with Crippen LogP contribution >= 0.6 is 12.2 Å². The summed E-state index contributed by atoms with van der Waals surface area (Å²) in [4.78, 5) is 11.9. The van der Waals surface area contributed by atoms with Crippen molar-refractivity contribution in [3.8, 4) is 11.5 Å². The van der Waals surface area contributed by atoms with Gasteiger partial charge in [0.25, 0.3) is 0 Å². The average Bonchev–Trinajstić information content (AvgIpc) is 2.61. The van der Waals surface area contributed by atoms with E-state index in [1.54, 1.807) is 43.5 Å². The van der Waals surface area contributed by atoms with Crippen molar-refractivity contribution in [2.45, 2.75) is 0 Å². The average molecular weight is 360 g/mol. The Morgan fingerprint density at radius 2 is 1.84 bits per heavy atom.